The van der Waals surface area contributed by atoms with Crippen LogP contribution in [-0.4, -0.2) is 29.9 Å². The second-order valence-electron chi connectivity index (χ2n) is 5.01. The second-order valence-corrected chi connectivity index (χ2v) is 5.01. The molecule has 4 rings (SSSR count). The molecular weight excluding hydrogens is 300 g/mol. The first-order chi connectivity index (χ1) is 11.9. The van der Waals surface area contributed by atoms with Crippen molar-refractivity contribution in [2.75, 3.05) is 0 Å². The third kappa shape index (κ3) is 2.85. The van der Waals surface area contributed by atoms with Crippen LogP contribution in [0.15, 0.2) is 73.6 Å². The van der Waals surface area contributed by atoms with Crippen LogP contribution < -0.4 is 0 Å². The van der Waals surface area contributed by atoms with Crippen LogP contribution in [0, 0.1) is 0 Å². The van der Waals surface area contributed by atoms with E-state index in [-0.39, 0.29) is 0 Å². The molecule has 0 amide bonds. The molecule has 0 saturated heterocycles. The van der Waals surface area contributed by atoms with E-state index < -0.39 is 0 Å². The molecule has 6 heteroatoms. The van der Waals surface area contributed by atoms with Crippen molar-refractivity contribution >= 4 is 0 Å². The summed E-state index contributed by atoms with van der Waals surface area (Å²) in [6.07, 6.45) is 6.51. The van der Waals surface area contributed by atoms with E-state index >= 15 is 0 Å². The van der Waals surface area contributed by atoms with Crippen LogP contribution in [0.25, 0.3) is 34.2 Å². The highest BCUT2D eigenvalue weighted by atomic mass is 14.9. The van der Waals surface area contributed by atoms with Gasteiger partial charge in [0.1, 0.15) is 12.7 Å². The lowest BCUT2D eigenvalue weighted by atomic mass is 10.1. The van der Waals surface area contributed by atoms with Gasteiger partial charge in [-0.3, -0.25) is 9.97 Å². The van der Waals surface area contributed by atoms with E-state index in [1.54, 1.807) is 12.4 Å². The minimum absolute atomic E-state index is 0.713. The van der Waals surface area contributed by atoms with E-state index in [1.165, 1.54) is 12.7 Å². The van der Waals surface area contributed by atoms with Gasteiger partial charge < -0.3 is 0 Å². The van der Waals surface area contributed by atoms with Gasteiger partial charge in [-0.25, -0.2) is 19.9 Å². The third-order valence-electron chi connectivity index (χ3n) is 3.45. The van der Waals surface area contributed by atoms with E-state index in [2.05, 4.69) is 29.9 Å². The Bertz CT molecular complexity index is 876. The Morgan fingerprint density at radius 2 is 0.833 bits per heavy atom. The highest BCUT2D eigenvalue weighted by Crippen LogP contribution is 2.22. The van der Waals surface area contributed by atoms with Gasteiger partial charge in [0.25, 0.3) is 0 Å². The topological polar surface area (TPSA) is 77.3 Å². The van der Waals surface area contributed by atoms with Crippen LogP contribution in [0.3, 0.4) is 0 Å². The van der Waals surface area contributed by atoms with E-state index in [4.69, 9.17) is 0 Å². The van der Waals surface area contributed by atoms with Gasteiger partial charge in [-0.05, 0) is 36.4 Å². The Morgan fingerprint density at radius 1 is 0.417 bits per heavy atom. The number of hydrogen-bond donors (Lipinski definition) is 0. The zero-order valence-corrected chi connectivity index (χ0v) is 12.6. The standard InChI is InChI=1S/C18H12N6/c1-3-7-19-13(5-1)15-9-17(23-11-21-15)18-10-16(22-12-24-18)14-6-2-4-8-20-14/h1-12H. The largest absolute Gasteiger partial charge is 0.255 e. The number of hydrogen-bond acceptors (Lipinski definition) is 6. The molecule has 0 aromatic carbocycles. The molecule has 0 radical (unpaired) electrons. The van der Waals surface area contributed by atoms with E-state index in [0.717, 1.165) is 22.8 Å². The van der Waals surface area contributed by atoms with Gasteiger partial charge in [-0.1, -0.05) is 12.1 Å². The van der Waals surface area contributed by atoms with Crippen molar-refractivity contribution in [3.8, 4) is 34.2 Å². The molecule has 4 aromatic heterocycles. The molecule has 0 aliphatic carbocycles. The second kappa shape index (κ2) is 6.29. The van der Waals surface area contributed by atoms with Crippen LogP contribution in [0.2, 0.25) is 0 Å². The van der Waals surface area contributed by atoms with Crippen LogP contribution in [0.5, 0.6) is 0 Å². The molecule has 0 unspecified atom stereocenters. The molecule has 0 spiro atoms. The molecule has 4 heterocycles. The van der Waals surface area contributed by atoms with Crippen molar-refractivity contribution in [2.45, 2.75) is 0 Å². The molecule has 6 nitrogen and oxygen atoms in total. The van der Waals surface area contributed by atoms with E-state index in [1.807, 2.05) is 48.5 Å². The Labute approximate surface area is 138 Å². The Kier molecular flexibility index (Phi) is 3.69. The maximum absolute atomic E-state index is 4.32. The van der Waals surface area contributed by atoms with Gasteiger partial charge >= 0.3 is 0 Å². The average Bonchev–Trinajstić information content (AvgIpc) is 2.70. The van der Waals surface area contributed by atoms with Gasteiger partial charge in [-0.2, -0.15) is 0 Å². The van der Waals surface area contributed by atoms with Gasteiger partial charge in [0.2, 0.25) is 0 Å². The molecule has 24 heavy (non-hydrogen) atoms. The summed E-state index contributed by atoms with van der Waals surface area (Å²) in [7, 11) is 0. The monoisotopic (exact) mass is 312 g/mol. The average molecular weight is 312 g/mol. The first-order valence-electron chi connectivity index (χ1n) is 7.37. The Morgan fingerprint density at radius 3 is 1.21 bits per heavy atom. The van der Waals surface area contributed by atoms with Crippen molar-refractivity contribution < 1.29 is 0 Å². The van der Waals surface area contributed by atoms with Crippen molar-refractivity contribution in [1.82, 2.24) is 29.9 Å². The predicted octanol–water partition coefficient (Wildman–Crippen LogP) is 3.06. The molecule has 0 atom stereocenters. The number of nitrogens with zero attached hydrogens (tertiary/aromatic N) is 6. The summed E-state index contributed by atoms with van der Waals surface area (Å²) in [6, 6.07) is 15.1. The molecule has 0 saturated carbocycles. The highest BCUT2D eigenvalue weighted by molar-refractivity contribution is 5.66. The summed E-state index contributed by atoms with van der Waals surface area (Å²) < 4.78 is 0. The summed E-state index contributed by atoms with van der Waals surface area (Å²) in [5, 5.41) is 0. The quantitative estimate of drug-likeness (QED) is 0.578. The molecule has 0 bridgehead atoms. The summed E-state index contributed by atoms with van der Waals surface area (Å²) in [5.41, 5.74) is 4.51. The lowest BCUT2D eigenvalue weighted by molar-refractivity contribution is 1.11. The number of rotatable bonds is 3. The lowest BCUT2D eigenvalue weighted by Gasteiger charge is -2.05. The molecule has 0 fully saturated rings. The summed E-state index contributed by atoms with van der Waals surface area (Å²) in [4.78, 5) is 25.8. The van der Waals surface area contributed by atoms with E-state index in [0.29, 0.717) is 11.4 Å². The molecule has 0 aliphatic heterocycles. The zero-order chi connectivity index (χ0) is 16.2. The lowest BCUT2D eigenvalue weighted by Crippen LogP contribution is -1.95. The fourth-order valence-electron chi connectivity index (χ4n) is 2.30. The fraction of sp³-hybridized carbons (Fsp3) is 0. The Hall–Kier alpha value is -3.54. The normalized spacial score (nSPS) is 10.5. The van der Waals surface area contributed by atoms with Gasteiger partial charge in [-0.15, -0.1) is 0 Å². The van der Waals surface area contributed by atoms with Crippen LogP contribution >= 0.6 is 0 Å². The van der Waals surface area contributed by atoms with Crippen LogP contribution in [0.4, 0.5) is 0 Å². The summed E-state index contributed by atoms with van der Waals surface area (Å²) >= 11 is 0. The molecule has 0 aliphatic rings. The van der Waals surface area contributed by atoms with E-state index in [9.17, 15) is 0 Å². The maximum Gasteiger partial charge on any atom is 0.116 e. The van der Waals surface area contributed by atoms with Crippen LogP contribution in [0.1, 0.15) is 0 Å². The maximum atomic E-state index is 4.32. The van der Waals surface area contributed by atoms with Crippen molar-refractivity contribution in [3.05, 3.63) is 73.6 Å². The number of aromatic nitrogens is 6. The summed E-state index contributed by atoms with van der Waals surface area (Å²) in [6.45, 7) is 0. The highest BCUT2D eigenvalue weighted by Gasteiger charge is 2.08. The first-order valence-corrected chi connectivity index (χ1v) is 7.37. The summed E-state index contributed by atoms with van der Waals surface area (Å²) in [5.74, 6) is 0. The Balaban J connectivity index is 1.75. The predicted molar refractivity (Wildman–Crippen MR) is 89.5 cm³/mol. The fourth-order valence-corrected chi connectivity index (χ4v) is 2.30. The van der Waals surface area contributed by atoms with Gasteiger partial charge in [0.15, 0.2) is 0 Å². The molecular formula is C18H12N6. The minimum Gasteiger partial charge on any atom is -0.255 e. The van der Waals surface area contributed by atoms with Crippen LogP contribution in [-0.2, 0) is 0 Å². The third-order valence-corrected chi connectivity index (χ3v) is 3.45. The zero-order valence-electron chi connectivity index (χ0n) is 12.6. The molecule has 114 valence electrons. The first kappa shape index (κ1) is 14.1. The minimum atomic E-state index is 0.713. The van der Waals surface area contributed by atoms with Crippen molar-refractivity contribution in [3.63, 3.8) is 0 Å². The number of pyridine rings is 2. The van der Waals surface area contributed by atoms with Gasteiger partial charge in [0.05, 0.1) is 34.2 Å². The molecule has 4 aromatic rings. The van der Waals surface area contributed by atoms with Crippen molar-refractivity contribution in [1.29, 1.82) is 0 Å². The SMILES string of the molecule is c1ccc(-c2cc(-c3cc(-c4ccccn4)ncn3)ncn2)nc1. The smallest absolute Gasteiger partial charge is 0.116 e. The van der Waals surface area contributed by atoms with Crippen molar-refractivity contribution in [2.24, 2.45) is 0 Å². The van der Waals surface area contributed by atoms with Gasteiger partial charge in [0, 0.05) is 12.4 Å². The molecule has 0 N–H and O–H groups in total.